The summed E-state index contributed by atoms with van der Waals surface area (Å²) in [7, 11) is 0. The van der Waals surface area contributed by atoms with E-state index in [1.54, 1.807) is 0 Å². The third kappa shape index (κ3) is 5.12. The number of likely N-dealkylation sites (tertiary alicyclic amines) is 1. The highest BCUT2D eigenvalue weighted by Crippen LogP contribution is 2.20. The Morgan fingerprint density at radius 3 is 2.27 bits per heavy atom. The van der Waals surface area contributed by atoms with Gasteiger partial charge in [0.1, 0.15) is 0 Å². The highest BCUT2D eigenvalue weighted by atomic mass is 16.2. The highest BCUT2D eigenvalue weighted by Gasteiger charge is 2.29. The van der Waals surface area contributed by atoms with Crippen LogP contribution in [-0.4, -0.2) is 78.0 Å². The van der Waals surface area contributed by atoms with Crippen LogP contribution >= 0.6 is 0 Å². The molecule has 0 aromatic carbocycles. The number of carbonyl (C=O) groups is 2. The fourth-order valence-corrected chi connectivity index (χ4v) is 4.66. The number of hydrogen-bond acceptors (Lipinski definition) is 3. The molecule has 1 aliphatic carbocycles. The van der Waals surface area contributed by atoms with E-state index < -0.39 is 0 Å². The van der Waals surface area contributed by atoms with Crippen LogP contribution in [0, 0.1) is 0 Å². The van der Waals surface area contributed by atoms with Gasteiger partial charge in [0, 0.05) is 44.8 Å². The van der Waals surface area contributed by atoms with Crippen molar-refractivity contribution < 1.29 is 9.59 Å². The first kappa shape index (κ1) is 19.5. The second-order valence-corrected chi connectivity index (χ2v) is 8.19. The number of piperidine rings is 1. The van der Waals surface area contributed by atoms with Crippen LogP contribution in [0.2, 0.25) is 0 Å². The molecule has 3 fully saturated rings. The van der Waals surface area contributed by atoms with Crippen molar-refractivity contribution in [1.82, 2.24) is 20.0 Å². The molecule has 2 heterocycles. The van der Waals surface area contributed by atoms with Gasteiger partial charge in [-0.2, -0.15) is 0 Å². The number of nitrogens with one attached hydrogen (secondary N) is 1. The van der Waals surface area contributed by atoms with Crippen molar-refractivity contribution in [3.05, 3.63) is 0 Å². The lowest BCUT2D eigenvalue weighted by molar-refractivity contribution is -0.136. The number of piperazine rings is 1. The molecule has 148 valence electrons. The van der Waals surface area contributed by atoms with Crippen molar-refractivity contribution in [2.75, 3.05) is 39.3 Å². The summed E-state index contributed by atoms with van der Waals surface area (Å²) < 4.78 is 0. The van der Waals surface area contributed by atoms with Gasteiger partial charge in [0.25, 0.3) is 0 Å². The molecule has 1 N–H and O–H groups in total. The van der Waals surface area contributed by atoms with E-state index in [9.17, 15) is 9.59 Å². The van der Waals surface area contributed by atoms with Crippen LogP contribution in [-0.2, 0) is 4.79 Å². The molecule has 6 nitrogen and oxygen atoms in total. The molecule has 26 heavy (non-hydrogen) atoms. The number of amides is 3. The van der Waals surface area contributed by atoms with Gasteiger partial charge in [-0.1, -0.05) is 26.2 Å². The smallest absolute Gasteiger partial charge is 0.317 e. The molecule has 3 aliphatic rings. The van der Waals surface area contributed by atoms with Gasteiger partial charge >= 0.3 is 6.03 Å². The van der Waals surface area contributed by atoms with Gasteiger partial charge in [-0.25, -0.2) is 4.79 Å². The molecule has 3 amide bonds. The normalized spacial score (nSPS) is 26.0. The number of urea groups is 1. The quantitative estimate of drug-likeness (QED) is 0.834. The Kier molecular flexibility index (Phi) is 7.17. The number of carbonyl (C=O) groups excluding carboxylic acids is 2. The highest BCUT2D eigenvalue weighted by molar-refractivity contribution is 5.79. The summed E-state index contributed by atoms with van der Waals surface area (Å²) in [4.78, 5) is 31.4. The topological polar surface area (TPSA) is 55.9 Å². The minimum atomic E-state index is 0.0879. The molecule has 0 aromatic heterocycles. The Morgan fingerprint density at radius 1 is 0.885 bits per heavy atom. The Bertz CT molecular complexity index is 470. The van der Waals surface area contributed by atoms with Gasteiger partial charge in [-0.15, -0.1) is 0 Å². The lowest BCUT2D eigenvalue weighted by atomic mass is 9.96. The lowest BCUT2D eigenvalue weighted by Gasteiger charge is -2.39. The molecule has 1 saturated carbocycles. The number of hydrogen-bond donors (Lipinski definition) is 1. The molecule has 6 heteroatoms. The van der Waals surface area contributed by atoms with Gasteiger partial charge in [-0.3, -0.25) is 9.69 Å². The predicted molar refractivity (Wildman–Crippen MR) is 103 cm³/mol. The van der Waals surface area contributed by atoms with E-state index in [-0.39, 0.29) is 11.9 Å². The molecular weight excluding hydrogens is 328 g/mol. The average molecular weight is 365 g/mol. The van der Waals surface area contributed by atoms with E-state index in [2.05, 4.69) is 22.0 Å². The van der Waals surface area contributed by atoms with Gasteiger partial charge in [-0.05, 0) is 38.5 Å². The maximum Gasteiger partial charge on any atom is 0.317 e. The minimum Gasteiger partial charge on any atom is -0.339 e. The SMILES string of the molecule is CCC1CCCCN1C(=O)CN1CCN(C(=O)NC2CCCCC2)CC1. The van der Waals surface area contributed by atoms with Crippen LogP contribution in [0.1, 0.15) is 64.7 Å². The zero-order valence-electron chi connectivity index (χ0n) is 16.4. The average Bonchev–Trinajstić information content (AvgIpc) is 2.69. The minimum absolute atomic E-state index is 0.0879. The molecule has 0 aromatic rings. The van der Waals surface area contributed by atoms with Crippen LogP contribution in [0.25, 0.3) is 0 Å². The van der Waals surface area contributed by atoms with Gasteiger partial charge < -0.3 is 15.1 Å². The fraction of sp³-hybridized carbons (Fsp3) is 0.900. The molecule has 0 radical (unpaired) electrons. The fourth-order valence-electron chi connectivity index (χ4n) is 4.66. The van der Waals surface area contributed by atoms with E-state index in [0.717, 1.165) is 64.8 Å². The van der Waals surface area contributed by atoms with Crippen molar-refractivity contribution in [2.45, 2.75) is 76.8 Å². The Balaban J connectivity index is 1.40. The van der Waals surface area contributed by atoms with E-state index in [1.165, 1.54) is 25.7 Å². The Labute approximate surface area is 158 Å². The van der Waals surface area contributed by atoms with Crippen LogP contribution < -0.4 is 5.32 Å². The molecule has 2 saturated heterocycles. The predicted octanol–water partition coefficient (Wildman–Crippen LogP) is 2.44. The molecular formula is C20H36N4O2. The maximum absolute atomic E-state index is 12.7. The summed E-state index contributed by atoms with van der Waals surface area (Å²) in [6.07, 6.45) is 10.6. The number of nitrogens with zero attached hydrogens (tertiary/aromatic N) is 3. The second-order valence-electron chi connectivity index (χ2n) is 8.19. The largest absolute Gasteiger partial charge is 0.339 e. The maximum atomic E-state index is 12.7. The van der Waals surface area contributed by atoms with Crippen LogP contribution in [0.4, 0.5) is 4.79 Å². The Morgan fingerprint density at radius 2 is 1.58 bits per heavy atom. The summed E-state index contributed by atoms with van der Waals surface area (Å²) in [5.41, 5.74) is 0. The van der Waals surface area contributed by atoms with Crippen molar-refractivity contribution in [3.8, 4) is 0 Å². The molecule has 3 rings (SSSR count). The Hall–Kier alpha value is -1.30. The van der Waals surface area contributed by atoms with Crippen molar-refractivity contribution in [2.24, 2.45) is 0 Å². The molecule has 1 unspecified atom stereocenters. The van der Waals surface area contributed by atoms with Crippen molar-refractivity contribution in [3.63, 3.8) is 0 Å². The summed E-state index contributed by atoms with van der Waals surface area (Å²) in [5, 5.41) is 3.20. The molecule has 0 bridgehead atoms. The summed E-state index contributed by atoms with van der Waals surface area (Å²) in [6, 6.07) is 0.879. The van der Waals surface area contributed by atoms with E-state index in [4.69, 9.17) is 0 Å². The van der Waals surface area contributed by atoms with E-state index in [0.29, 0.717) is 18.6 Å². The van der Waals surface area contributed by atoms with Crippen LogP contribution in [0.5, 0.6) is 0 Å². The van der Waals surface area contributed by atoms with Gasteiger partial charge in [0.05, 0.1) is 6.54 Å². The van der Waals surface area contributed by atoms with Crippen molar-refractivity contribution in [1.29, 1.82) is 0 Å². The monoisotopic (exact) mass is 364 g/mol. The lowest BCUT2D eigenvalue weighted by Crippen LogP contribution is -2.55. The zero-order valence-corrected chi connectivity index (χ0v) is 16.4. The van der Waals surface area contributed by atoms with Crippen LogP contribution in [0.15, 0.2) is 0 Å². The summed E-state index contributed by atoms with van der Waals surface area (Å²) in [5.74, 6) is 0.275. The first-order valence-corrected chi connectivity index (χ1v) is 10.7. The second kappa shape index (κ2) is 9.58. The summed E-state index contributed by atoms with van der Waals surface area (Å²) in [6.45, 7) is 6.66. The van der Waals surface area contributed by atoms with Crippen LogP contribution in [0.3, 0.4) is 0 Å². The van der Waals surface area contributed by atoms with Crippen molar-refractivity contribution >= 4 is 11.9 Å². The molecule has 1 atom stereocenters. The molecule has 0 spiro atoms. The third-order valence-electron chi connectivity index (χ3n) is 6.37. The van der Waals surface area contributed by atoms with E-state index in [1.807, 2.05) is 4.90 Å². The number of rotatable bonds is 4. The third-order valence-corrected chi connectivity index (χ3v) is 6.37. The van der Waals surface area contributed by atoms with Gasteiger partial charge in [0.2, 0.25) is 5.91 Å². The van der Waals surface area contributed by atoms with Gasteiger partial charge in [0.15, 0.2) is 0 Å². The molecule has 2 aliphatic heterocycles. The first-order chi connectivity index (χ1) is 12.7. The first-order valence-electron chi connectivity index (χ1n) is 10.7. The standard InChI is InChI=1S/C20H36N4O2/c1-2-18-10-6-7-11-24(18)19(25)16-22-12-14-23(15-13-22)20(26)21-17-8-4-3-5-9-17/h17-18H,2-16H2,1H3,(H,21,26). The summed E-state index contributed by atoms with van der Waals surface area (Å²) >= 11 is 0. The van der Waals surface area contributed by atoms with E-state index >= 15 is 0 Å². The zero-order chi connectivity index (χ0) is 18.4.